The molecule has 0 fully saturated rings. The van der Waals surface area contributed by atoms with Gasteiger partial charge in [0, 0.05) is 19.7 Å². The molecular formula is C9H12F2N2O2. The fraction of sp³-hybridized carbons (Fsp3) is 0.556. The SMILES string of the molecule is Cn1cc(C(=O)CCOCC(F)F)cn1. The van der Waals surface area contributed by atoms with Gasteiger partial charge in [-0.05, 0) is 0 Å². The van der Waals surface area contributed by atoms with Crippen molar-refractivity contribution in [3.8, 4) is 0 Å². The maximum Gasteiger partial charge on any atom is 0.261 e. The number of alkyl halides is 2. The average molecular weight is 218 g/mol. The summed E-state index contributed by atoms with van der Waals surface area (Å²) in [7, 11) is 1.70. The molecule has 0 unspecified atom stereocenters. The summed E-state index contributed by atoms with van der Waals surface area (Å²) in [6.07, 6.45) is 0.627. The fourth-order valence-electron chi connectivity index (χ4n) is 1.05. The number of halogens is 2. The van der Waals surface area contributed by atoms with Crippen molar-refractivity contribution in [3.63, 3.8) is 0 Å². The van der Waals surface area contributed by atoms with Crippen LogP contribution in [0, 0.1) is 0 Å². The van der Waals surface area contributed by atoms with Gasteiger partial charge in [0.15, 0.2) is 5.78 Å². The first-order valence-electron chi connectivity index (χ1n) is 4.47. The maximum absolute atomic E-state index is 11.7. The van der Waals surface area contributed by atoms with E-state index in [0.29, 0.717) is 5.56 Å². The number of aromatic nitrogens is 2. The highest BCUT2D eigenvalue weighted by Crippen LogP contribution is 2.02. The first-order chi connectivity index (χ1) is 7.09. The van der Waals surface area contributed by atoms with Crippen LogP contribution < -0.4 is 0 Å². The number of hydrogen-bond acceptors (Lipinski definition) is 3. The summed E-state index contributed by atoms with van der Waals surface area (Å²) < 4.78 is 29.4. The highest BCUT2D eigenvalue weighted by atomic mass is 19.3. The van der Waals surface area contributed by atoms with E-state index in [1.54, 1.807) is 13.2 Å². The van der Waals surface area contributed by atoms with E-state index < -0.39 is 13.0 Å². The first-order valence-corrected chi connectivity index (χ1v) is 4.47. The lowest BCUT2D eigenvalue weighted by molar-refractivity contribution is 0.0170. The Morgan fingerprint density at radius 3 is 2.93 bits per heavy atom. The van der Waals surface area contributed by atoms with Crippen molar-refractivity contribution in [3.05, 3.63) is 18.0 Å². The van der Waals surface area contributed by atoms with Crippen LogP contribution in [0.4, 0.5) is 8.78 Å². The van der Waals surface area contributed by atoms with Crippen LogP contribution in [0.25, 0.3) is 0 Å². The number of carbonyl (C=O) groups is 1. The van der Waals surface area contributed by atoms with Gasteiger partial charge in [0.05, 0.1) is 18.4 Å². The van der Waals surface area contributed by atoms with E-state index in [1.165, 1.54) is 10.9 Å². The summed E-state index contributed by atoms with van der Waals surface area (Å²) in [6.45, 7) is -0.613. The van der Waals surface area contributed by atoms with E-state index in [1.807, 2.05) is 0 Å². The Morgan fingerprint density at radius 2 is 2.40 bits per heavy atom. The molecule has 84 valence electrons. The Bertz CT molecular complexity index is 326. The van der Waals surface area contributed by atoms with E-state index >= 15 is 0 Å². The van der Waals surface area contributed by atoms with Gasteiger partial charge >= 0.3 is 0 Å². The Balaban J connectivity index is 2.25. The molecule has 1 aromatic heterocycles. The summed E-state index contributed by atoms with van der Waals surface area (Å²) in [5.41, 5.74) is 0.471. The number of carbonyl (C=O) groups excluding carboxylic acids is 1. The third-order valence-electron chi connectivity index (χ3n) is 1.74. The zero-order valence-electron chi connectivity index (χ0n) is 8.32. The zero-order chi connectivity index (χ0) is 11.3. The zero-order valence-corrected chi connectivity index (χ0v) is 8.32. The molecule has 0 saturated carbocycles. The summed E-state index contributed by atoms with van der Waals surface area (Å²) in [5.74, 6) is -0.155. The number of hydrogen-bond donors (Lipinski definition) is 0. The number of nitrogens with zero attached hydrogens (tertiary/aromatic N) is 2. The van der Waals surface area contributed by atoms with Gasteiger partial charge < -0.3 is 4.74 Å². The van der Waals surface area contributed by atoms with Crippen LogP contribution in [0.2, 0.25) is 0 Å². The molecule has 0 aliphatic rings. The molecule has 0 radical (unpaired) electrons. The Morgan fingerprint density at radius 1 is 1.67 bits per heavy atom. The monoisotopic (exact) mass is 218 g/mol. The van der Waals surface area contributed by atoms with Crippen molar-refractivity contribution in [2.24, 2.45) is 7.05 Å². The van der Waals surface area contributed by atoms with E-state index in [0.717, 1.165) is 0 Å². The molecule has 1 rings (SSSR count). The number of aryl methyl sites for hydroxylation is 1. The summed E-state index contributed by atoms with van der Waals surface area (Å²) in [6, 6.07) is 0. The van der Waals surface area contributed by atoms with Crippen LogP contribution in [-0.2, 0) is 11.8 Å². The van der Waals surface area contributed by atoms with Crippen molar-refractivity contribution in [1.82, 2.24) is 9.78 Å². The van der Waals surface area contributed by atoms with Crippen molar-refractivity contribution in [1.29, 1.82) is 0 Å². The lowest BCUT2D eigenvalue weighted by Gasteiger charge is -2.01. The Kier molecular flexibility index (Phi) is 4.36. The van der Waals surface area contributed by atoms with Crippen LogP contribution >= 0.6 is 0 Å². The van der Waals surface area contributed by atoms with Crippen molar-refractivity contribution in [2.45, 2.75) is 12.8 Å². The minimum absolute atomic E-state index is 0.0120. The fourth-order valence-corrected chi connectivity index (χ4v) is 1.05. The highest BCUT2D eigenvalue weighted by Gasteiger charge is 2.08. The largest absolute Gasteiger partial charge is 0.375 e. The molecule has 0 aromatic carbocycles. The number of ketones is 1. The number of rotatable bonds is 6. The summed E-state index contributed by atoms with van der Waals surface area (Å²) in [4.78, 5) is 11.4. The molecule has 0 N–H and O–H groups in total. The van der Waals surface area contributed by atoms with Crippen LogP contribution in [0.1, 0.15) is 16.8 Å². The van der Waals surface area contributed by atoms with E-state index in [4.69, 9.17) is 0 Å². The van der Waals surface area contributed by atoms with Gasteiger partial charge in [0.1, 0.15) is 6.61 Å². The van der Waals surface area contributed by atoms with Gasteiger partial charge in [-0.2, -0.15) is 5.10 Å². The van der Waals surface area contributed by atoms with Crippen LogP contribution in [0.5, 0.6) is 0 Å². The van der Waals surface area contributed by atoms with Crippen molar-refractivity contribution >= 4 is 5.78 Å². The van der Waals surface area contributed by atoms with Crippen LogP contribution in [0.15, 0.2) is 12.4 Å². The molecule has 0 aliphatic heterocycles. The average Bonchev–Trinajstić information content (AvgIpc) is 2.59. The van der Waals surface area contributed by atoms with Gasteiger partial charge in [-0.25, -0.2) is 8.78 Å². The minimum atomic E-state index is -2.49. The lowest BCUT2D eigenvalue weighted by atomic mass is 10.2. The Hall–Kier alpha value is -1.30. The second-order valence-corrected chi connectivity index (χ2v) is 3.04. The molecule has 0 saturated heterocycles. The van der Waals surface area contributed by atoms with Crippen LogP contribution in [0.3, 0.4) is 0 Å². The topological polar surface area (TPSA) is 44.1 Å². The molecule has 4 nitrogen and oxygen atoms in total. The summed E-state index contributed by atoms with van der Waals surface area (Å²) >= 11 is 0. The molecule has 0 amide bonds. The second-order valence-electron chi connectivity index (χ2n) is 3.04. The minimum Gasteiger partial charge on any atom is -0.375 e. The standard InChI is InChI=1S/C9H12F2N2O2/c1-13-5-7(4-12-13)8(14)2-3-15-6-9(10)11/h4-5,9H,2-3,6H2,1H3. The quantitative estimate of drug-likeness (QED) is 0.533. The van der Waals surface area contributed by atoms with Crippen molar-refractivity contribution < 1.29 is 18.3 Å². The van der Waals surface area contributed by atoms with Gasteiger partial charge in [0.2, 0.25) is 0 Å². The van der Waals surface area contributed by atoms with Gasteiger partial charge in [-0.3, -0.25) is 9.48 Å². The molecule has 0 spiro atoms. The van der Waals surface area contributed by atoms with Gasteiger partial charge in [-0.15, -0.1) is 0 Å². The van der Waals surface area contributed by atoms with Crippen molar-refractivity contribution in [2.75, 3.05) is 13.2 Å². The Labute approximate surface area is 85.8 Å². The highest BCUT2D eigenvalue weighted by molar-refractivity contribution is 5.95. The number of ether oxygens (including phenoxy) is 1. The van der Waals surface area contributed by atoms with Gasteiger partial charge in [0.25, 0.3) is 6.43 Å². The molecule has 0 aliphatic carbocycles. The van der Waals surface area contributed by atoms with Gasteiger partial charge in [-0.1, -0.05) is 0 Å². The third kappa shape index (κ3) is 4.16. The molecule has 1 aromatic rings. The van der Waals surface area contributed by atoms with Crippen LogP contribution in [-0.4, -0.2) is 35.2 Å². The third-order valence-corrected chi connectivity index (χ3v) is 1.74. The first kappa shape index (κ1) is 11.8. The molecular weight excluding hydrogens is 206 g/mol. The van der Waals surface area contributed by atoms with E-state index in [-0.39, 0.29) is 18.8 Å². The smallest absolute Gasteiger partial charge is 0.261 e. The predicted octanol–water partition coefficient (Wildman–Crippen LogP) is 1.27. The maximum atomic E-state index is 11.7. The summed E-state index contributed by atoms with van der Waals surface area (Å²) in [5, 5.41) is 3.83. The van der Waals surface area contributed by atoms with E-state index in [9.17, 15) is 13.6 Å². The molecule has 6 heteroatoms. The molecule has 0 atom stereocenters. The molecule has 0 bridgehead atoms. The molecule has 1 heterocycles. The lowest BCUT2D eigenvalue weighted by Crippen LogP contribution is -2.09. The molecule has 15 heavy (non-hydrogen) atoms. The normalized spacial score (nSPS) is 10.9. The predicted molar refractivity (Wildman–Crippen MR) is 49.0 cm³/mol. The second kappa shape index (κ2) is 5.55. The van der Waals surface area contributed by atoms with E-state index in [2.05, 4.69) is 9.84 Å². The number of Topliss-reactive ketones (excluding diaryl/α,β-unsaturated/α-hetero) is 1.